The summed E-state index contributed by atoms with van der Waals surface area (Å²) in [6.45, 7) is 7.44. The maximum Gasteiger partial charge on any atom is 0.251 e. The van der Waals surface area contributed by atoms with E-state index in [0.717, 1.165) is 19.5 Å². The molecule has 1 amide bonds. The monoisotopic (exact) mass is 337 g/mol. The Morgan fingerprint density at radius 3 is 2.96 bits per heavy atom. The van der Waals surface area contributed by atoms with Gasteiger partial charge in [-0.25, -0.2) is 13.1 Å². The molecule has 126 valence electrons. The molecule has 0 spiro atoms. The van der Waals surface area contributed by atoms with Crippen LogP contribution in [0.3, 0.4) is 0 Å². The highest BCUT2D eigenvalue weighted by atomic mass is 32.2. The first-order valence-electron chi connectivity index (χ1n) is 7.66. The second-order valence-electron chi connectivity index (χ2n) is 5.72. The van der Waals surface area contributed by atoms with Crippen LogP contribution < -0.4 is 15.4 Å². The second-order valence-corrected chi connectivity index (χ2v) is 7.49. The van der Waals surface area contributed by atoms with Crippen molar-refractivity contribution in [1.29, 1.82) is 0 Å². The zero-order chi connectivity index (χ0) is 16.9. The molecular weight excluding hydrogens is 314 g/mol. The molecule has 23 heavy (non-hydrogen) atoms. The summed E-state index contributed by atoms with van der Waals surface area (Å²) >= 11 is 0. The summed E-state index contributed by atoms with van der Waals surface area (Å²) in [7, 11) is -3.63. The SMILES string of the molecule is C=CCNS(=O)(=O)c1cccc(C(=O)NC2CCNCC2C)c1. The van der Waals surface area contributed by atoms with Crippen LogP contribution in [0.5, 0.6) is 0 Å². The molecule has 0 bridgehead atoms. The van der Waals surface area contributed by atoms with E-state index in [-0.39, 0.29) is 23.4 Å². The van der Waals surface area contributed by atoms with Crippen molar-refractivity contribution in [1.82, 2.24) is 15.4 Å². The first-order chi connectivity index (χ1) is 10.9. The molecule has 0 saturated carbocycles. The molecule has 1 aliphatic heterocycles. The van der Waals surface area contributed by atoms with Gasteiger partial charge in [0.15, 0.2) is 0 Å². The Labute approximate surface area is 137 Å². The van der Waals surface area contributed by atoms with Crippen LogP contribution in [0.4, 0.5) is 0 Å². The van der Waals surface area contributed by atoms with Gasteiger partial charge in [0.25, 0.3) is 5.91 Å². The third-order valence-corrected chi connectivity index (χ3v) is 5.35. The van der Waals surface area contributed by atoms with Crippen molar-refractivity contribution >= 4 is 15.9 Å². The molecule has 1 aromatic carbocycles. The van der Waals surface area contributed by atoms with Gasteiger partial charge in [-0.15, -0.1) is 6.58 Å². The first-order valence-corrected chi connectivity index (χ1v) is 9.14. The van der Waals surface area contributed by atoms with Gasteiger partial charge in [0.05, 0.1) is 4.90 Å². The molecule has 3 N–H and O–H groups in total. The average Bonchev–Trinajstić information content (AvgIpc) is 2.55. The molecule has 0 radical (unpaired) electrons. The first kappa shape index (κ1) is 17.7. The van der Waals surface area contributed by atoms with Crippen molar-refractivity contribution in [3.05, 3.63) is 42.5 Å². The summed E-state index contributed by atoms with van der Waals surface area (Å²) in [5.41, 5.74) is 0.345. The van der Waals surface area contributed by atoms with Gasteiger partial charge in [-0.05, 0) is 43.6 Å². The summed E-state index contributed by atoms with van der Waals surface area (Å²) in [5.74, 6) is 0.0957. The molecule has 2 atom stereocenters. The molecule has 6 nitrogen and oxygen atoms in total. The number of amides is 1. The lowest BCUT2D eigenvalue weighted by Crippen LogP contribution is -2.48. The van der Waals surface area contributed by atoms with Crippen molar-refractivity contribution < 1.29 is 13.2 Å². The highest BCUT2D eigenvalue weighted by Gasteiger charge is 2.23. The van der Waals surface area contributed by atoms with Gasteiger partial charge in [-0.2, -0.15) is 0 Å². The highest BCUT2D eigenvalue weighted by Crippen LogP contribution is 2.14. The summed E-state index contributed by atoms with van der Waals surface area (Å²) < 4.78 is 26.6. The topological polar surface area (TPSA) is 87.3 Å². The van der Waals surface area contributed by atoms with Crippen LogP contribution >= 0.6 is 0 Å². The predicted octanol–water partition coefficient (Wildman–Crippen LogP) is 0.879. The Morgan fingerprint density at radius 1 is 1.48 bits per heavy atom. The van der Waals surface area contributed by atoms with Gasteiger partial charge < -0.3 is 10.6 Å². The fraction of sp³-hybridized carbons (Fsp3) is 0.438. The predicted molar refractivity (Wildman–Crippen MR) is 89.7 cm³/mol. The number of hydrogen-bond acceptors (Lipinski definition) is 4. The molecule has 1 heterocycles. The average molecular weight is 337 g/mol. The van der Waals surface area contributed by atoms with E-state index in [1.54, 1.807) is 12.1 Å². The molecular formula is C16H23N3O3S. The van der Waals surface area contributed by atoms with Gasteiger partial charge >= 0.3 is 0 Å². The van der Waals surface area contributed by atoms with Gasteiger partial charge in [0, 0.05) is 18.2 Å². The quantitative estimate of drug-likeness (QED) is 0.673. The lowest BCUT2D eigenvalue weighted by atomic mass is 9.95. The Morgan fingerprint density at radius 2 is 2.26 bits per heavy atom. The van der Waals surface area contributed by atoms with Gasteiger partial charge in [0.2, 0.25) is 10.0 Å². The summed E-state index contributed by atoms with van der Waals surface area (Å²) in [4.78, 5) is 12.5. The lowest BCUT2D eigenvalue weighted by Gasteiger charge is -2.30. The van der Waals surface area contributed by atoms with E-state index in [2.05, 4.69) is 28.9 Å². The molecule has 7 heteroatoms. The Hall–Kier alpha value is -1.70. The van der Waals surface area contributed by atoms with Crippen LogP contribution in [-0.4, -0.2) is 40.0 Å². The van der Waals surface area contributed by atoms with E-state index in [9.17, 15) is 13.2 Å². The van der Waals surface area contributed by atoms with Crippen LogP contribution in [0.1, 0.15) is 23.7 Å². The summed E-state index contributed by atoms with van der Waals surface area (Å²) in [6, 6.07) is 6.15. The van der Waals surface area contributed by atoms with E-state index >= 15 is 0 Å². The highest BCUT2D eigenvalue weighted by molar-refractivity contribution is 7.89. The zero-order valence-corrected chi connectivity index (χ0v) is 14.0. The van der Waals surface area contributed by atoms with Crippen LogP contribution in [0.15, 0.2) is 41.8 Å². The minimum absolute atomic E-state index is 0.0744. The molecule has 1 saturated heterocycles. The number of sulfonamides is 1. The standard InChI is InChI=1S/C16H23N3O3S/c1-3-8-18-23(21,22)14-6-4-5-13(10-14)16(20)19-15-7-9-17-11-12(15)2/h3-6,10,12,15,17-18H,1,7-9,11H2,2H3,(H,19,20). The fourth-order valence-electron chi connectivity index (χ4n) is 2.54. The van der Waals surface area contributed by atoms with Gasteiger partial charge in [-0.3, -0.25) is 4.79 Å². The number of rotatable bonds is 6. The third-order valence-electron chi connectivity index (χ3n) is 3.93. The van der Waals surface area contributed by atoms with Gasteiger partial charge in [0.1, 0.15) is 0 Å². The Balaban J connectivity index is 2.12. The van der Waals surface area contributed by atoms with E-state index < -0.39 is 10.0 Å². The van der Waals surface area contributed by atoms with Crippen molar-refractivity contribution in [2.75, 3.05) is 19.6 Å². The lowest BCUT2D eigenvalue weighted by molar-refractivity contribution is 0.0914. The minimum Gasteiger partial charge on any atom is -0.349 e. The molecule has 1 fully saturated rings. The Bertz CT molecular complexity index is 673. The van der Waals surface area contributed by atoms with Crippen molar-refractivity contribution in [2.45, 2.75) is 24.3 Å². The summed E-state index contributed by atoms with van der Waals surface area (Å²) in [5, 5.41) is 6.28. The number of hydrogen-bond donors (Lipinski definition) is 3. The van der Waals surface area contributed by atoms with Crippen molar-refractivity contribution in [3.63, 3.8) is 0 Å². The molecule has 1 aliphatic rings. The zero-order valence-electron chi connectivity index (χ0n) is 13.2. The second kappa shape index (κ2) is 7.72. The number of carbonyl (C=O) groups is 1. The third kappa shape index (κ3) is 4.63. The number of nitrogens with one attached hydrogen (secondary N) is 3. The molecule has 0 aliphatic carbocycles. The number of benzene rings is 1. The van der Waals surface area contributed by atoms with Gasteiger partial charge in [-0.1, -0.05) is 19.1 Å². The van der Waals surface area contributed by atoms with E-state index in [1.165, 1.54) is 18.2 Å². The molecule has 1 aromatic rings. The van der Waals surface area contributed by atoms with E-state index in [4.69, 9.17) is 0 Å². The molecule has 2 unspecified atom stereocenters. The largest absolute Gasteiger partial charge is 0.349 e. The smallest absolute Gasteiger partial charge is 0.251 e. The maximum absolute atomic E-state index is 12.4. The van der Waals surface area contributed by atoms with Crippen LogP contribution in [-0.2, 0) is 10.0 Å². The number of carbonyl (C=O) groups excluding carboxylic acids is 1. The summed E-state index contributed by atoms with van der Waals surface area (Å²) in [6.07, 6.45) is 2.33. The normalized spacial score (nSPS) is 21.6. The fourth-order valence-corrected chi connectivity index (χ4v) is 3.58. The molecule has 2 rings (SSSR count). The number of piperidine rings is 1. The van der Waals surface area contributed by atoms with E-state index in [1.807, 2.05) is 0 Å². The van der Waals surface area contributed by atoms with E-state index in [0.29, 0.717) is 11.5 Å². The van der Waals surface area contributed by atoms with Crippen LogP contribution in [0, 0.1) is 5.92 Å². The van der Waals surface area contributed by atoms with Crippen LogP contribution in [0.25, 0.3) is 0 Å². The molecule has 0 aromatic heterocycles. The minimum atomic E-state index is -3.63. The van der Waals surface area contributed by atoms with Crippen molar-refractivity contribution in [3.8, 4) is 0 Å². The Kier molecular flexibility index (Phi) is 5.92. The van der Waals surface area contributed by atoms with Crippen molar-refractivity contribution in [2.24, 2.45) is 5.92 Å². The maximum atomic E-state index is 12.4. The van der Waals surface area contributed by atoms with Crippen LogP contribution in [0.2, 0.25) is 0 Å².